The van der Waals surface area contributed by atoms with E-state index in [0.717, 1.165) is 12.1 Å². The van der Waals surface area contributed by atoms with Crippen molar-refractivity contribution < 1.29 is 9.59 Å². The number of anilines is 1. The summed E-state index contributed by atoms with van der Waals surface area (Å²) in [4.78, 5) is 27.6. The molecule has 0 bridgehead atoms. The molecule has 1 aromatic rings. The van der Waals surface area contributed by atoms with Gasteiger partial charge in [0.05, 0.1) is 0 Å². The fourth-order valence-electron chi connectivity index (χ4n) is 2.37. The molecular weight excluding hydrogens is 264 g/mol. The predicted octanol–water partition coefficient (Wildman–Crippen LogP) is 3.08. The average Bonchev–Trinajstić information content (AvgIpc) is 2.48. The Kier molecular flexibility index (Phi) is 6.92. The van der Waals surface area contributed by atoms with Crippen LogP contribution in [-0.4, -0.2) is 35.8 Å². The molecule has 0 N–H and O–H groups in total. The van der Waals surface area contributed by atoms with Gasteiger partial charge in [-0.1, -0.05) is 25.1 Å². The minimum atomic E-state index is 0.0277. The summed E-state index contributed by atoms with van der Waals surface area (Å²) in [5.41, 5.74) is 0.905. The Labute approximate surface area is 127 Å². The van der Waals surface area contributed by atoms with Crippen LogP contribution >= 0.6 is 0 Å². The van der Waals surface area contributed by atoms with Crippen LogP contribution in [0.5, 0.6) is 0 Å². The first-order valence-electron chi connectivity index (χ1n) is 7.63. The first-order valence-corrected chi connectivity index (χ1v) is 7.63. The van der Waals surface area contributed by atoms with E-state index < -0.39 is 0 Å². The summed E-state index contributed by atoms with van der Waals surface area (Å²) in [6.45, 7) is 8.69. The lowest BCUT2D eigenvalue weighted by Crippen LogP contribution is -2.40. The normalized spacial score (nSPS) is 11.8. The average molecular weight is 290 g/mol. The SMILES string of the molecule is CCC(C)N(CCC(=O)N(CC)c1ccccc1)C(C)=O. The number of hydrogen-bond acceptors (Lipinski definition) is 2. The first-order chi connectivity index (χ1) is 10.0. The molecule has 2 amide bonds. The molecule has 116 valence electrons. The van der Waals surface area contributed by atoms with E-state index >= 15 is 0 Å². The van der Waals surface area contributed by atoms with Crippen LogP contribution in [0, 0.1) is 0 Å². The van der Waals surface area contributed by atoms with Crippen molar-refractivity contribution in [2.45, 2.75) is 46.6 Å². The summed E-state index contributed by atoms with van der Waals surface area (Å²) in [6.07, 6.45) is 1.25. The van der Waals surface area contributed by atoms with E-state index in [9.17, 15) is 9.59 Å². The van der Waals surface area contributed by atoms with Crippen LogP contribution in [0.2, 0.25) is 0 Å². The number of amides is 2. The minimum absolute atomic E-state index is 0.0277. The highest BCUT2D eigenvalue weighted by atomic mass is 16.2. The van der Waals surface area contributed by atoms with Gasteiger partial charge in [-0.25, -0.2) is 0 Å². The van der Waals surface area contributed by atoms with E-state index in [1.807, 2.05) is 51.1 Å². The maximum absolute atomic E-state index is 12.4. The van der Waals surface area contributed by atoms with Crippen molar-refractivity contribution in [2.24, 2.45) is 0 Å². The first kappa shape index (κ1) is 17.2. The molecule has 0 aliphatic carbocycles. The van der Waals surface area contributed by atoms with Gasteiger partial charge in [-0.3, -0.25) is 9.59 Å². The predicted molar refractivity (Wildman–Crippen MR) is 86.2 cm³/mol. The molecule has 0 spiro atoms. The molecule has 0 radical (unpaired) electrons. The molecule has 0 saturated heterocycles. The molecule has 0 aliphatic heterocycles. The number of rotatable bonds is 7. The summed E-state index contributed by atoms with van der Waals surface area (Å²) in [7, 11) is 0. The number of nitrogens with zero attached hydrogens (tertiary/aromatic N) is 2. The maximum atomic E-state index is 12.4. The zero-order valence-electron chi connectivity index (χ0n) is 13.5. The van der Waals surface area contributed by atoms with Gasteiger partial charge in [-0.2, -0.15) is 0 Å². The van der Waals surface area contributed by atoms with Crippen LogP contribution in [0.1, 0.15) is 40.5 Å². The molecule has 0 aliphatic rings. The summed E-state index contributed by atoms with van der Waals surface area (Å²) >= 11 is 0. The summed E-state index contributed by atoms with van der Waals surface area (Å²) < 4.78 is 0. The highest BCUT2D eigenvalue weighted by molar-refractivity contribution is 5.93. The third kappa shape index (κ3) is 4.88. The monoisotopic (exact) mass is 290 g/mol. The molecular formula is C17H26N2O2. The lowest BCUT2D eigenvalue weighted by Gasteiger charge is -2.28. The number of hydrogen-bond donors (Lipinski definition) is 0. The van der Waals surface area contributed by atoms with Crippen LogP contribution in [0.3, 0.4) is 0 Å². The topological polar surface area (TPSA) is 40.6 Å². The molecule has 1 rings (SSSR count). The van der Waals surface area contributed by atoms with Gasteiger partial charge in [0.2, 0.25) is 11.8 Å². The summed E-state index contributed by atoms with van der Waals surface area (Å²) in [5, 5.41) is 0. The molecule has 1 atom stereocenters. The van der Waals surface area contributed by atoms with Gasteiger partial charge in [-0.05, 0) is 32.4 Å². The van der Waals surface area contributed by atoms with E-state index in [2.05, 4.69) is 0 Å². The van der Waals surface area contributed by atoms with Gasteiger partial charge < -0.3 is 9.80 Å². The fourth-order valence-corrected chi connectivity index (χ4v) is 2.37. The Balaban J connectivity index is 2.68. The Morgan fingerprint density at radius 1 is 1.14 bits per heavy atom. The van der Waals surface area contributed by atoms with E-state index in [1.165, 1.54) is 0 Å². The van der Waals surface area contributed by atoms with Crippen LogP contribution in [0.25, 0.3) is 0 Å². The van der Waals surface area contributed by atoms with E-state index in [1.54, 1.807) is 16.7 Å². The third-order valence-corrected chi connectivity index (χ3v) is 3.78. The third-order valence-electron chi connectivity index (χ3n) is 3.78. The highest BCUT2D eigenvalue weighted by Crippen LogP contribution is 2.15. The number of carbonyl (C=O) groups excluding carboxylic acids is 2. The highest BCUT2D eigenvalue weighted by Gasteiger charge is 2.19. The van der Waals surface area contributed by atoms with Gasteiger partial charge >= 0.3 is 0 Å². The van der Waals surface area contributed by atoms with Crippen molar-refractivity contribution in [3.8, 4) is 0 Å². The molecule has 1 aromatic carbocycles. The van der Waals surface area contributed by atoms with Crippen molar-refractivity contribution in [1.82, 2.24) is 4.90 Å². The molecule has 0 saturated carbocycles. The number of benzene rings is 1. The second kappa shape index (κ2) is 8.45. The Bertz CT molecular complexity index is 459. The standard InChI is InChI=1S/C17H26N2O2/c1-5-14(3)19(15(4)20)13-12-17(21)18(6-2)16-10-8-7-9-11-16/h7-11,14H,5-6,12-13H2,1-4H3. The zero-order valence-corrected chi connectivity index (χ0v) is 13.5. The molecule has 4 nitrogen and oxygen atoms in total. The molecule has 0 aromatic heterocycles. The van der Waals surface area contributed by atoms with Gasteiger partial charge in [-0.15, -0.1) is 0 Å². The van der Waals surface area contributed by atoms with E-state index in [4.69, 9.17) is 0 Å². The van der Waals surface area contributed by atoms with Gasteiger partial charge in [0.1, 0.15) is 0 Å². The van der Waals surface area contributed by atoms with E-state index in [0.29, 0.717) is 19.5 Å². The van der Waals surface area contributed by atoms with Crippen LogP contribution < -0.4 is 4.90 Å². The quantitative estimate of drug-likeness (QED) is 0.774. The molecule has 0 fully saturated rings. The van der Waals surface area contributed by atoms with Crippen molar-refractivity contribution in [3.05, 3.63) is 30.3 Å². The lowest BCUT2D eigenvalue weighted by atomic mass is 10.2. The Morgan fingerprint density at radius 3 is 2.24 bits per heavy atom. The van der Waals surface area contributed by atoms with Crippen molar-refractivity contribution >= 4 is 17.5 Å². The number of para-hydroxylation sites is 1. The van der Waals surface area contributed by atoms with Gasteiger partial charge in [0, 0.05) is 38.2 Å². The summed E-state index contributed by atoms with van der Waals surface area (Å²) in [5.74, 6) is 0.0816. The second-order valence-corrected chi connectivity index (χ2v) is 5.19. The second-order valence-electron chi connectivity index (χ2n) is 5.19. The largest absolute Gasteiger partial charge is 0.340 e. The smallest absolute Gasteiger partial charge is 0.228 e. The Morgan fingerprint density at radius 2 is 1.76 bits per heavy atom. The van der Waals surface area contributed by atoms with Crippen molar-refractivity contribution in [2.75, 3.05) is 18.0 Å². The fraction of sp³-hybridized carbons (Fsp3) is 0.529. The zero-order chi connectivity index (χ0) is 15.8. The Hall–Kier alpha value is -1.84. The molecule has 1 unspecified atom stereocenters. The van der Waals surface area contributed by atoms with Crippen LogP contribution in [0.15, 0.2) is 30.3 Å². The summed E-state index contributed by atoms with van der Waals surface area (Å²) in [6, 6.07) is 9.81. The lowest BCUT2D eigenvalue weighted by molar-refractivity contribution is -0.131. The van der Waals surface area contributed by atoms with Gasteiger partial charge in [0.15, 0.2) is 0 Å². The van der Waals surface area contributed by atoms with Crippen LogP contribution in [0.4, 0.5) is 5.69 Å². The number of carbonyl (C=O) groups is 2. The maximum Gasteiger partial charge on any atom is 0.228 e. The van der Waals surface area contributed by atoms with E-state index in [-0.39, 0.29) is 17.9 Å². The molecule has 0 heterocycles. The van der Waals surface area contributed by atoms with Gasteiger partial charge in [0.25, 0.3) is 0 Å². The van der Waals surface area contributed by atoms with Crippen LogP contribution in [-0.2, 0) is 9.59 Å². The minimum Gasteiger partial charge on any atom is -0.340 e. The van der Waals surface area contributed by atoms with Crippen molar-refractivity contribution in [3.63, 3.8) is 0 Å². The molecule has 21 heavy (non-hydrogen) atoms. The van der Waals surface area contributed by atoms with Crippen molar-refractivity contribution in [1.29, 1.82) is 0 Å². The molecule has 4 heteroatoms.